The van der Waals surface area contributed by atoms with Crippen LogP contribution in [0.1, 0.15) is 1.43 Å². The molecule has 0 aliphatic rings. The number of rotatable bonds is 0. The first-order chi connectivity index (χ1) is 8.45. The number of halogens is 6. The van der Waals surface area contributed by atoms with Crippen molar-refractivity contribution in [2.24, 2.45) is 0 Å². The van der Waals surface area contributed by atoms with Gasteiger partial charge in [-0.1, -0.05) is 0 Å². The predicted molar refractivity (Wildman–Crippen MR) is 52.6 cm³/mol. The van der Waals surface area contributed by atoms with E-state index in [-0.39, 0.29) is 20.3 Å². The third-order valence-electron chi connectivity index (χ3n) is 0.292. The molecule has 0 radical (unpaired) electrons. The smallest absolute Gasteiger partial charge is 1.00 e. The van der Waals surface area contributed by atoms with Crippen LogP contribution in [0.5, 0.6) is 0 Å². The molecule has 124 valence electrons. The molecule has 20 heteroatoms. The van der Waals surface area contributed by atoms with Crippen LogP contribution in [-0.2, 0) is 10.1 Å². The van der Waals surface area contributed by atoms with Crippen molar-refractivity contribution >= 4 is 32.3 Å². The maximum absolute atomic E-state index is 10.7. The van der Waals surface area contributed by atoms with Crippen molar-refractivity contribution in [2.75, 3.05) is 0 Å². The summed E-state index contributed by atoms with van der Waals surface area (Å²) in [6.45, 7) is 0. The minimum Gasteiger partial charge on any atom is -1.00 e. The van der Waals surface area contributed by atoms with Gasteiger partial charge in [-0.25, -0.2) is 0 Å². The third-order valence-corrected chi connectivity index (χ3v) is 0.877. The van der Waals surface area contributed by atoms with Gasteiger partial charge in [0, 0.05) is 0 Å². The molecule has 9 nitrogen and oxygen atoms in total. The van der Waals surface area contributed by atoms with E-state index in [1.165, 1.54) is 0 Å². The van der Waals surface area contributed by atoms with E-state index in [1.54, 1.807) is 0 Å². The van der Waals surface area contributed by atoms with Crippen molar-refractivity contribution < 1.29 is 89.5 Å². The normalized spacial score (nSPS) is 9.19. The van der Waals surface area contributed by atoms with Crippen molar-refractivity contribution in [3.63, 3.8) is 0 Å². The fraction of sp³-hybridized carbons (Fsp3) is 1.00. The van der Waals surface area contributed by atoms with Crippen LogP contribution in [0.4, 0.5) is 26.1 Å². The minimum atomic E-state index is -5.84. The molecule has 0 aliphatic carbocycles. The SMILES string of the molecule is O=S(=O)(O)C(F)(F)F.OB(O)F.OB(O)F.OB(O)F.[H-].[Li+]. The average Bonchev–Trinajstić information content (AvgIpc) is 1.94. The van der Waals surface area contributed by atoms with E-state index in [0.29, 0.717) is 0 Å². The third kappa shape index (κ3) is 79.8. The molecule has 0 saturated carbocycles. The van der Waals surface area contributed by atoms with Crippen LogP contribution in [0.25, 0.3) is 0 Å². The molecule has 0 saturated heterocycles. The quantitative estimate of drug-likeness (QED) is 0.0972. The second-order valence-corrected chi connectivity index (χ2v) is 3.27. The first kappa shape index (κ1) is 32.8. The predicted octanol–water partition coefficient (Wildman–Crippen LogP) is -5.71. The van der Waals surface area contributed by atoms with E-state index in [4.69, 9.17) is 43.1 Å². The number of hydrogen-bond donors (Lipinski definition) is 7. The standard InChI is InChI=1S/CHF3O3S.3BFH2O2.Li.H/c2-1(3,4)8(5,6)7;3*2-1(3)4;;/h(H,5,6,7);3*3-4H;;/q;;;;+1;-1. The van der Waals surface area contributed by atoms with E-state index in [2.05, 4.69) is 0 Å². The number of hydrogen-bond acceptors (Lipinski definition) is 8. The van der Waals surface area contributed by atoms with Crippen LogP contribution in [0, 0.1) is 0 Å². The molecular weight excluding hydrogens is 341 g/mol. The largest absolute Gasteiger partial charge is 1.00 e. The molecule has 0 amide bonds. The summed E-state index contributed by atoms with van der Waals surface area (Å²) >= 11 is 0. The molecular formula is CH8B3F6LiO9S. The Labute approximate surface area is 128 Å². The molecule has 0 aliphatic heterocycles. The van der Waals surface area contributed by atoms with E-state index in [0.717, 1.165) is 0 Å². The zero-order chi connectivity index (χ0) is 17.7. The zero-order valence-electron chi connectivity index (χ0n) is 10.9. The van der Waals surface area contributed by atoms with Crippen LogP contribution in [0.2, 0.25) is 0 Å². The molecule has 21 heavy (non-hydrogen) atoms. The molecule has 0 aromatic rings. The summed E-state index contributed by atoms with van der Waals surface area (Å²) in [5, 5.41) is 41.7. The summed E-state index contributed by atoms with van der Waals surface area (Å²) in [5.41, 5.74) is -5.53. The van der Waals surface area contributed by atoms with Crippen LogP contribution < -0.4 is 18.9 Å². The van der Waals surface area contributed by atoms with Gasteiger partial charge in [-0.3, -0.25) is 17.5 Å². The summed E-state index contributed by atoms with van der Waals surface area (Å²) in [4.78, 5) is 0. The van der Waals surface area contributed by atoms with Gasteiger partial charge in [-0.05, 0) is 0 Å². The second kappa shape index (κ2) is 16.4. The Morgan fingerprint density at radius 2 is 0.810 bits per heavy atom. The summed E-state index contributed by atoms with van der Waals surface area (Å²) < 4.78 is 87.9. The molecule has 0 unspecified atom stereocenters. The summed E-state index contributed by atoms with van der Waals surface area (Å²) in [6.07, 6.45) is 0. The van der Waals surface area contributed by atoms with Gasteiger partial charge < -0.3 is 31.6 Å². The van der Waals surface area contributed by atoms with Gasteiger partial charge in [0.05, 0.1) is 0 Å². The van der Waals surface area contributed by atoms with Gasteiger partial charge in [-0.2, -0.15) is 21.6 Å². The van der Waals surface area contributed by atoms with E-state index in [9.17, 15) is 26.1 Å². The fourth-order valence-corrected chi connectivity index (χ4v) is 0. The first-order valence-electron chi connectivity index (χ1n) is 3.49. The van der Waals surface area contributed by atoms with Crippen molar-refractivity contribution in [1.82, 2.24) is 0 Å². The second-order valence-electron chi connectivity index (χ2n) is 1.85. The van der Waals surface area contributed by atoms with Gasteiger partial charge in [-0.15, -0.1) is 0 Å². The van der Waals surface area contributed by atoms with Crippen LogP contribution in [0.3, 0.4) is 0 Å². The summed E-state index contributed by atoms with van der Waals surface area (Å²) in [7, 11) is -13.8. The summed E-state index contributed by atoms with van der Waals surface area (Å²) in [6, 6.07) is 0. The minimum absolute atomic E-state index is 0. The number of alkyl halides is 3. The molecule has 7 N–H and O–H groups in total. The van der Waals surface area contributed by atoms with E-state index >= 15 is 0 Å². The van der Waals surface area contributed by atoms with Crippen molar-refractivity contribution in [1.29, 1.82) is 0 Å². The monoisotopic (exact) mass is 350 g/mol. The summed E-state index contributed by atoms with van der Waals surface area (Å²) in [5.74, 6) is 0. The molecule has 0 atom stereocenters. The first-order valence-corrected chi connectivity index (χ1v) is 4.93. The van der Waals surface area contributed by atoms with Crippen molar-refractivity contribution in [3.05, 3.63) is 0 Å². The Kier molecular flexibility index (Phi) is 25.7. The molecule has 0 fully saturated rings. The molecule has 0 heterocycles. The van der Waals surface area contributed by atoms with Crippen LogP contribution in [-0.4, -0.2) is 70.8 Å². The Bertz CT molecular complexity index is 280. The fourth-order valence-electron chi connectivity index (χ4n) is 0. The topological polar surface area (TPSA) is 176 Å². The van der Waals surface area contributed by atoms with E-state index in [1.807, 2.05) is 0 Å². The molecule has 0 bridgehead atoms. The Morgan fingerprint density at radius 1 is 0.762 bits per heavy atom. The molecule has 0 aromatic heterocycles. The van der Waals surface area contributed by atoms with Crippen LogP contribution >= 0.6 is 0 Å². The van der Waals surface area contributed by atoms with Gasteiger partial charge in [0.2, 0.25) is 0 Å². The van der Waals surface area contributed by atoms with E-state index < -0.39 is 37.8 Å². The molecule has 0 spiro atoms. The Hall–Kier alpha value is 0.0422. The van der Waals surface area contributed by atoms with Crippen molar-refractivity contribution in [2.45, 2.75) is 5.51 Å². The van der Waals surface area contributed by atoms with Gasteiger partial charge in [0.25, 0.3) is 0 Å². The van der Waals surface area contributed by atoms with Gasteiger partial charge >= 0.3 is 56.7 Å². The average molecular weight is 349 g/mol. The Morgan fingerprint density at radius 3 is 0.810 bits per heavy atom. The zero-order valence-corrected chi connectivity index (χ0v) is 10.7. The van der Waals surface area contributed by atoms with Crippen LogP contribution in [0.15, 0.2) is 0 Å². The maximum Gasteiger partial charge on any atom is 1.00 e. The van der Waals surface area contributed by atoms with Gasteiger partial charge in [0.15, 0.2) is 0 Å². The maximum atomic E-state index is 10.7. The molecule has 0 rings (SSSR count). The van der Waals surface area contributed by atoms with Crippen molar-refractivity contribution in [3.8, 4) is 0 Å². The van der Waals surface area contributed by atoms with Gasteiger partial charge in [0.1, 0.15) is 0 Å². The molecule has 0 aromatic carbocycles. The Balaban J connectivity index is -0.0000000400.